The summed E-state index contributed by atoms with van der Waals surface area (Å²) in [5, 5.41) is 36.0. The quantitative estimate of drug-likeness (QED) is 0.493. The van der Waals surface area contributed by atoms with Gasteiger partial charge in [-0.1, -0.05) is 6.07 Å². The lowest BCUT2D eigenvalue weighted by Gasteiger charge is -2.18. The first kappa shape index (κ1) is 9.63. The summed E-state index contributed by atoms with van der Waals surface area (Å²) in [6.07, 6.45) is 0. The van der Waals surface area contributed by atoms with Gasteiger partial charge in [0.15, 0.2) is 11.5 Å². The smallest absolute Gasteiger partial charge is 0.319 e. The molecule has 0 saturated carbocycles. The number of aliphatic hydroxyl groups is 2. The highest BCUT2D eigenvalue weighted by Gasteiger charge is 2.21. The van der Waals surface area contributed by atoms with Crippen molar-refractivity contribution in [1.29, 1.82) is 0 Å². The van der Waals surface area contributed by atoms with Gasteiger partial charge in [0.1, 0.15) is 0 Å². The number of phenolic OH excluding ortho intramolecular Hbond substituents is 2. The molecular formula is C8H10O5. The summed E-state index contributed by atoms with van der Waals surface area (Å²) in [5.41, 5.74) is 0. The number of benzene rings is 1. The fraction of sp³-hybridized carbons (Fsp3) is 0.250. The molecule has 0 radical (unpaired) electrons. The standard InChI is InChI=1S/C8H10O5/c1-8(11,12)13-7-5(9)3-2-4-6(7)10/h2-4,9-12H,1H3. The van der Waals surface area contributed by atoms with Crippen molar-refractivity contribution in [2.24, 2.45) is 0 Å². The van der Waals surface area contributed by atoms with Gasteiger partial charge in [-0.25, -0.2) is 0 Å². The fourth-order valence-electron chi connectivity index (χ4n) is 0.811. The second kappa shape index (κ2) is 3.12. The summed E-state index contributed by atoms with van der Waals surface area (Å²) in [4.78, 5) is 0. The molecule has 0 unspecified atom stereocenters. The average molecular weight is 186 g/mol. The van der Waals surface area contributed by atoms with Gasteiger partial charge in [0, 0.05) is 6.92 Å². The molecular weight excluding hydrogens is 176 g/mol. The normalized spacial score (nSPS) is 11.3. The third-order valence-corrected chi connectivity index (χ3v) is 1.27. The zero-order chi connectivity index (χ0) is 10.1. The zero-order valence-electron chi connectivity index (χ0n) is 6.93. The van der Waals surface area contributed by atoms with Crippen molar-refractivity contribution in [3.05, 3.63) is 18.2 Å². The van der Waals surface area contributed by atoms with Crippen LogP contribution in [0.2, 0.25) is 0 Å². The first-order chi connectivity index (χ1) is 5.90. The Bertz CT molecular complexity index is 282. The number of ether oxygens (including phenoxy) is 1. The Hall–Kier alpha value is -1.46. The van der Waals surface area contributed by atoms with E-state index in [2.05, 4.69) is 4.74 Å². The fourth-order valence-corrected chi connectivity index (χ4v) is 0.811. The van der Waals surface area contributed by atoms with Gasteiger partial charge < -0.3 is 25.2 Å². The predicted octanol–water partition coefficient (Wildman–Crippen LogP) is 0.135. The van der Waals surface area contributed by atoms with Gasteiger partial charge >= 0.3 is 5.97 Å². The van der Waals surface area contributed by atoms with Gasteiger partial charge in [0.05, 0.1) is 0 Å². The molecule has 1 aromatic carbocycles. The Labute approximate surface area is 74.5 Å². The molecule has 0 aliphatic rings. The van der Waals surface area contributed by atoms with E-state index in [4.69, 9.17) is 20.4 Å². The average Bonchev–Trinajstić information content (AvgIpc) is 1.95. The van der Waals surface area contributed by atoms with Crippen molar-refractivity contribution >= 4 is 0 Å². The van der Waals surface area contributed by atoms with E-state index in [0.717, 1.165) is 6.92 Å². The zero-order valence-corrected chi connectivity index (χ0v) is 6.93. The molecule has 0 spiro atoms. The van der Waals surface area contributed by atoms with Gasteiger partial charge in [-0.15, -0.1) is 0 Å². The minimum atomic E-state index is -2.43. The van der Waals surface area contributed by atoms with Crippen LogP contribution in [0.25, 0.3) is 0 Å². The van der Waals surface area contributed by atoms with E-state index in [1.807, 2.05) is 0 Å². The highest BCUT2D eigenvalue weighted by molar-refractivity contribution is 5.49. The van der Waals surface area contributed by atoms with E-state index < -0.39 is 5.97 Å². The molecule has 13 heavy (non-hydrogen) atoms. The number of phenols is 2. The maximum atomic E-state index is 9.15. The number of hydrogen-bond acceptors (Lipinski definition) is 5. The largest absolute Gasteiger partial charge is 0.504 e. The van der Waals surface area contributed by atoms with Gasteiger partial charge in [0.25, 0.3) is 0 Å². The Morgan fingerprint density at radius 1 is 1.15 bits per heavy atom. The lowest BCUT2D eigenvalue weighted by atomic mass is 10.3. The van der Waals surface area contributed by atoms with Crippen molar-refractivity contribution < 1.29 is 25.2 Å². The number of para-hydroxylation sites is 1. The summed E-state index contributed by atoms with van der Waals surface area (Å²) in [7, 11) is 0. The van der Waals surface area contributed by atoms with Gasteiger partial charge in [-0.2, -0.15) is 0 Å². The Morgan fingerprint density at radius 3 is 2.00 bits per heavy atom. The molecule has 5 nitrogen and oxygen atoms in total. The lowest BCUT2D eigenvalue weighted by molar-refractivity contribution is -0.278. The SMILES string of the molecule is CC(O)(O)Oc1c(O)cccc1O. The second-order valence-electron chi connectivity index (χ2n) is 2.66. The van der Waals surface area contributed by atoms with Crippen molar-refractivity contribution in [2.45, 2.75) is 12.9 Å². The molecule has 72 valence electrons. The summed E-state index contributed by atoms with van der Waals surface area (Å²) < 4.78 is 4.47. The first-order valence-electron chi connectivity index (χ1n) is 3.55. The molecule has 0 heterocycles. The Kier molecular flexibility index (Phi) is 2.31. The molecule has 1 aromatic rings. The second-order valence-corrected chi connectivity index (χ2v) is 2.66. The van der Waals surface area contributed by atoms with Crippen molar-refractivity contribution in [3.8, 4) is 17.2 Å². The van der Waals surface area contributed by atoms with Crippen LogP contribution in [0.1, 0.15) is 6.92 Å². The summed E-state index contributed by atoms with van der Waals surface area (Å²) in [6.45, 7) is 0.957. The van der Waals surface area contributed by atoms with Crippen molar-refractivity contribution in [2.75, 3.05) is 0 Å². The van der Waals surface area contributed by atoms with Crippen LogP contribution in [0.15, 0.2) is 18.2 Å². The summed E-state index contributed by atoms with van der Waals surface area (Å²) in [5.74, 6) is -3.53. The van der Waals surface area contributed by atoms with E-state index in [1.54, 1.807) is 0 Å². The van der Waals surface area contributed by atoms with Gasteiger partial charge in [-0.05, 0) is 12.1 Å². The molecule has 4 N–H and O–H groups in total. The topological polar surface area (TPSA) is 90.2 Å². The van der Waals surface area contributed by atoms with Crippen LogP contribution < -0.4 is 4.74 Å². The van der Waals surface area contributed by atoms with Gasteiger partial charge in [-0.3, -0.25) is 0 Å². The molecule has 0 fully saturated rings. The molecule has 1 rings (SSSR count). The highest BCUT2D eigenvalue weighted by atomic mass is 16.8. The van der Waals surface area contributed by atoms with Crippen LogP contribution in [-0.4, -0.2) is 26.4 Å². The molecule has 0 aliphatic carbocycles. The first-order valence-corrected chi connectivity index (χ1v) is 3.55. The van der Waals surface area contributed by atoms with E-state index >= 15 is 0 Å². The highest BCUT2D eigenvalue weighted by Crippen LogP contribution is 2.36. The van der Waals surface area contributed by atoms with Gasteiger partial charge in [0.2, 0.25) is 5.75 Å². The Balaban J connectivity index is 3.00. The van der Waals surface area contributed by atoms with E-state index in [9.17, 15) is 0 Å². The third-order valence-electron chi connectivity index (χ3n) is 1.27. The Morgan fingerprint density at radius 2 is 1.62 bits per heavy atom. The van der Waals surface area contributed by atoms with E-state index in [0.29, 0.717) is 0 Å². The maximum absolute atomic E-state index is 9.15. The van der Waals surface area contributed by atoms with Crippen molar-refractivity contribution in [1.82, 2.24) is 0 Å². The van der Waals surface area contributed by atoms with Crippen LogP contribution in [0.3, 0.4) is 0 Å². The van der Waals surface area contributed by atoms with E-state index in [-0.39, 0.29) is 17.2 Å². The van der Waals surface area contributed by atoms with Crippen LogP contribution in [0.4, 0.5) is 0 Å². The molecule has 0 aromatic heterocycles. The summed E-state index contributed by atoms with van der Waals surface area (Å²) >= 11 is 0. The van der Waals surface area contributed by atoms with E-state index in [1.165, 1.54) is 18.2 Å². The third kappa shape index (κ3) is 2.50. The molecule has 0 saturated heterocycles. The molecule has 5 heteroatoms. The lowest BCUT2D eigenvalue weighted by Crippen LogP contribution is -2.30. The number of aromatic hydroxyl groups is 2. The van der Waals surface area contributed by atoms with Crippen molar-refractivity contribution in [3.63, 3.8) is 0 Å². The maximum Gasteiger partial charge on any atom is 0.319 e. The monoisotopic (exact) mass is 186 g/mol. The molecule has 0 amide bonds. The van der Waals surface area contributed by atoms with Crippen LogP contribution in [-0.2, 0) is 0 Å². The molecule has 0 aliphatic heterocycles. The predicted molar refractivity (Wildman–Crippen MR) is 43.2 cm³/mol. The molecule has 0 atom stereocenters. The van der Waals surface area contributed by atoms with Crippen LogP contribution in [0, 0.1) is 0 Å². The summed E-state index contributed by atoms with van der Waals surface area (Å²) in [6, 6.07) is 3.89. The molecule has 0 bridgehead atoms. The van der Waals surface area contributed by atoms with Crippen LogP contribution in [0.5, 0.6) is 17.2 Å². The van der Waals surface area contributed by atoms with Crippen LogP contribution >= 0.6 is 0 Å². The minimum Gasteiger partial charge on any atom is -0.504 e. The minimum absolute atomic E-state index is 0.366. The number of hydrogen-bond donors (Lipinski definition) is 4. The number of rotatable bonds is 2.